The van der Waals surface area contributed by atoms with E-state index in [2.05, 4.69) is 20.8 Å². The van der Waals surface area contributed by atoms with Crippen molar-refractivity contribution in [1.29, 1.82) is 0 Å². The summed E-state index contributed by atoms with van der Waals surface area (Å²) in [4.78, 5) is 27.1. The average Bonchev–Trinajstić information content (AvgIpc) is 3.11. The van der Waals surface area contributed by atoms with Gasteiger partial charge in [-0.3, -0.25) is 19.6 Å². The minimum atomic E-state index is -0.657. The summed E-state index contributed by atoms with van der Waals surface area (Å²) in [6.07, 6.45) is 2.74. The van der Waals surface area contributed by atoms with Gasteiger partial charge >= 0.3 is 0 Å². The summed E-state index contributed by atoms with van der Waals surface area (Å²) in [6, 6.07) is 3.50. The molecule has 2 amide bonds. The summed E-state index contributed by atoms with van der Waals surface area (Å²) in [5.41, 5.74) is 1.98. The number of carbonyl (C=O) groups excluding carboxylic acids is 2. The highest BCUT2D eigenvalue weighted by molar-refractivity contribution is 5.93. The lowest BCUT2D eigenvalue weighted by Gasteiger charge is -2.35. The molecule has 2 aromatic rings. The van der Waals surface area contributed by atoms with Crippen molar-refractivity contribution < 1.29 is 18.4 Å². The summed E-state index contributed by atoms with van der Waals surface area (Å²) in [5.74, 6) is -1.87. The summed E-state index contributed by atoms with van der Waals surface area (Å²) in [6.45, 7) is 4.60. The number of anilines is 1. The minimum absolute atomic E-state index is 0.0599. The van der Waals surface area contributed by atoms with Crippen LogP contribution in [0.3, 0.4) is 0 Å². The zero-order valence-corrected chi connectivity index (χ0v) is 17.7. The minimum Gasteiger partial charge on any atom is -0.349 e. The van der Waals surface area contributed by atoms with Crippen LogP contribution in [0.1, 0.15) is 48.6 Å². The van der Waals surface area contributed by atoms with Crippen molar-refractivity contribution in [3.63, 3.8) is 0 Å². The van der Waals surface area contributed by atoms with Gasteiger partial charge in [-0.15, -0.1) is 0 Å². The van der Waals surface area contributed by atoms with Gasteiger partial charge in [-0.05, 0) is 44.4 Å². The van der Waals surface area contributed by atoms with Gasteiger partial charge in [0.2, 0.25) is 11.8 Å². The third-order valence-corrected chi connectivity index (χ3v) is 6.33. The van der Waals surface area contributed by atoms with Crippen LogP contribution in [0, 0.1) is 25.5 Å². The topological polar surface area (TPSA) is 90.1 Å². The maximum Gasteiger partial charge on any atom is 0.238 e. The van der Waals surface area contributed by atoms with E-state index in [0.29, 0.717) is 42.9 Å². The van der Waals surface area contributed by atoms with E-state index in [4.69, 9.17) is 0 Å². The smallest absolute Gasteiger partial charge is 0.238 e. The number of nitrogens with one attached hydrogen (secondary N) is 3. The lowest BCUT2D eigenvalue weighted by molar-refractivity contribution is -0.122. The van der Waals surface area contributed by atoms with Gasteiger partial charge < -0.3 is 10.6 Å². The molecule has 0 radical (unpaired) electrons. The van der Waals surface area contributed by atoms with E-state index in [-0.39, 0.29) is 24.3 Å². The van der Waals surface area contributed by atoms with Gasteiger partial charge in [-0.1, -0.05) is 6.42 Å². The molecule has 166 valence electrons. The van der Waals surface area contributed by atoms with E-state index in [0.717, 1.165) is 24.6 Å². The molecule has 3 N–H and O–H groups in total. The number of halogens is 2. The molecule has 2 fully saturated rings. The fraction of sp³-hybridized carbons (Fsp3) is 0.500. The van der Waals surface area contributed by atoms with E-state index < -0.39 is 17.2 Å². The molecule has 2 aliphatic heterocycles. The first kappa shape index (κ1) is 21.4. The van der Waals surface area contributed by atoms with Crippen LogP contribution in [0.25, 0.3) is 0 Å². The monoisotopic (exact) mass is 431 g/mol. The van der Waals surface area contributed by atoms with E-state index in [1.807, 2.05) is 11.8 Å². The maximum atomic E-state index is 14.0. The first-order chi connectivity index (χ1) is 14.8. The summed E-state index contributed by atoms with van der Waals surface area (Å²) < 4.78 is 27.9. The molecule has 31 heavy (non-hydrogen) atoms. The van der Waals surface area contributed by atoms with Gasteiger partial charge in [0.25, 0.3) is 0 Å². The predicted molar refractivity (Wildman–Crippen MR) is 112 cm³/mol. The summed E-state index contributed by atoms with van der Waals surface area (Å²) >= 11 is 0. The van der Waals surface area contributed by atoms with Crippen LogP contribution in [-0.2, 0) is 9.59 Å². The molecule has 3 heterocycles. The molecule has 4 rings (SSSR count). The lowest BCUT2D eigenvalue weighted by Crippen LogP contribution is -2.52. The Morgan fingerprint density at radius 3 is 2.68 bits per heavy atom. The zero-order chi connectivity index (χ0) is 22.2. The Hall–Kier alpha value is -2.81. The molecule has 7 nitrogen and oxygen atoms in total. The Kier molecular flexibility index (Phi) is 5.79. The van der Waals surface area contributed by atoms with Gasteiger partial charge in [-0.25, -0.2) is 8.78 Å². The van der Waals surface area contributed by atoms with Crippen LogP contribution in [0.5, 0.6) is 0 Å². The highest BCUT2D eigenvalue weighted by Gasteiger charge is 2.49. The quantitative estimate of drug-likeness (QED) is 0.695. The summed E-state index contributed by atoms with van der Waals surface area (Å²) in [5, 5.41) is 12.9. The Morgan fingerprint density at radius 1 is 1.26 bits per heavy atom. The Balaban J connectivity index is 1.58. The van der Waals surface area contributed by atoms with Crippen molar-refractivity contribution in [2.45, 2.75) is 51.0 Å². The van der Waals surface area contributed by atoms with E-state index in [1.165, 1.54) is 12.1 Å². The third-order valence-electron chi connectivity index (χ3n) is 6.33. The van der Waals surface area contributed by atoms with Gasteiger partial charge in [-0.2, -0.15) is 5.10 Å². The molecule has 1 aromatic heterocycles. The van der Waals surface area contributed by atoms with Crippen LogP contribution in [0.15, 0.2) is 18.2 Å². The molecule has 2 saturated heterocycles. The number of aryl methyl sites for hydroxylation is 2. The maximum absolute atomic E-state index is 14.0. The normalized spacial score (nSPS) is 24.3. The number of aromatic amines is 1. The number of nitrogens with zero attached hydrogens (tertiary/aromatic N) is 2. The second kappa shape index (κ2) is 8.37. The second-order valence-corrected chi connectivity index (χ2v) is 8.69. The molecule has 0 bridgehead atoms. The lowest BCUT2D eigenvalue weighted by atomic mass is 9.79. The number of benzene rings is 1. The SMILES string of the molecule is Cc1n[nH]c(C)c1NC(=O)CN1C[C@@H](c2cc(F)cc(F)c2)[C@@]2(CCCCC(=O)N2)C1. The molecule has 1 spiro atoms. The molecule has 0 saturated carbocycles. The van der Waals surface area contributed by atoms with Crippen LogP contribution in [0.2, 0.25) is 0 Å². The number of H-pyrrole nitrogens is 1. The number of aromatic nitrogens is 2. The fourth-order valence-corrected chi connectivity index (χ4v) is 4.95. The van der Waals surface area contributed by atoms with E-state index in [1.54, 1.807) is 6.92 Å². The molecule has 0 unspecified atom stereocenters. The molecular formula is C22H27F2N5O2. The number of rotatable bonds is 4. The van der Waals surface area contributed by atoms with Crippen molar-refractivity contribution in [3.8, 4) is 0 Å². The van der Waals surface area contributed by atoms with Crippen molar-refractivity contribution in [1.82, 2.24) is 20.4 Å². The molecule has 1 aromatic carbocycles. The van der Waals surface area contributed by atoms with E-state index >= 15 is 0 Å². The molecule has 2 atom stereocenters. The molecule has 2 aliphatic rings. The van der Waals surface area contributed by atoms with Gasteiger partial charge in [0.05, 0.1) is 29.2 Å². The Bertz CT molecular complexity index is 968. The standard InChI is InChI=1S/C22H27F2N5O2/c1-13-21(14(2)28-27-13)25-20(31)11-29-10-18(15-7-16(23)9-17(24)8-15)22(12-29)6-4-3-5-19(30)26-22/h7-9,18H,3-6,10-12H2,1-2H3,(H,25,31)(H,26,30)(H,27,28)/t18-,22+/m0/s1. The Labute approximate surface area is 179 Å². The predicted octanol–water partition coefficient (Wildman–Crippen LogP) is 2.77. The first-order valence-electron chi connectivity index (χ1n) is 10.6. The number of hydrogen-bond donors (Lipinski definition) is 3. The second-order valence-electron chi connectivity index (χ2n) is 8.69. The van der Waals surface area contributed by atoms with E-state index in [9.17, 15) is 18.4 Å². The molecule has 9 heteroatoms. The van der Waals surface area contributed by atoms with Crippen LogP contribution >= 0.6 is 0 Å². The van der Waals surface area contributed by atoms with Crippen LogP contribution in [-0.4, -0.2) is 52.1 Å². The van der Waals surface area contributed by atoms with Crippen LogP contribution in [0.4, 0.5) is 14.5 Å². The largest absolute Gasteiger partial charge is 0.349 e. The average molecular weight is 431 g/mol. The third kappa shape index (κ3) is 4.46. The fourth-order valence-electron chi connectivity index (χ4n) is 4.95. The highest BCUT2D eigenvalue weighted by atomic mass is 19.1. The zero-order valence-electron chi connectivity index (χ0n) is 17.7. The molecular weight excluding hydrogens is 404 g/mol. The molecule has 0 aliphatic carbocycles. The van der Waals surface area contributed by atoms with Gasteiger partial charge in [0.15, 0.2) is 0 Å². The van der Waals surface area contributed by atoms with Crippen molar-refractivity contribution in [2.24, 2.45) is 0 Å². The summed E-state index contributed by atoms with van der Waals surface area (Å²) in [7, 11) is 0. The Morgan fingerprint density at radius 2 is 2.00 bits per heavy atom. The van der Waals surface area contributed by atoms with Crippen molar-refractivity contribution >= 4 is 17.5 Å². The number of hydrogen-bond acceptors (Lipinski definition) is 4. The van der Waals surface area contributed by atoms with Gasteiger partial charge in [0, 0.05) is 31.5 Å². The highest BCUT2D eigenvalue weighted by Crippen LogP contribution is 2.41. The van der Waals surface area contributed by atoms with Crippen molar-refractivity contribution in [3.05, 3.63) is 46.8 Å². The first-order valence-corrected chi connectivity index (χ1v) is 10.6. The van der Waals surface area contributed by atoms with Crippen molar-refractivity contribution in [2.75, 3.05) is 25.0 Å². The van der Waals surface area contributed by atoms with Gasteiger partial charge in [0.1, 0.15) is 11.6 Å². The number of carbonyl (C=O) groups is 2. The van der Waals surface area contributed by atoms with Crippen LogP contribution < -0.4 is 10.6 Å². The number of amides is 2. The number of likely N-dealkylation sites (tertiary alicyclic amines) is 1.